The summed E-state index contributed by atoms with van der Waals surface area (Å²) in [5.74, 6) is -1.64. The van der Waals surface area contributed by atoms with E-state index >= 15 is 0 Å². The minimum Gasteiger partial charge on any atom is -0.432 e. The van der Waals surface area contributed by atoms with Gasteiger partial charge in [-0.1, -0.05) is 0 Å². The van der Waals surface area contributed by atoms with E-state index in [0.717, 1.165) is 0 Å². The number of ether oxygens (including phenoxy) is 1. The molecule has 150 valence electrons. The van der Waals surface area contributed by atoms with Crippen molar-refractivity contribution in [2.24, 2.45) is 0 Å². The van der Waals surface area contributed by atoms with E-state index in [4.69, 9.17) is 9.84 Å². The highest BCUT2D eigenvalue weighted by Gasteiger charge is 2.28. The van der Waals surface area contributed by atoms with E-state index < -0.39 is 25.0 Å². The highest BCUT2D eigenvalue weighted by atomic mass is 127. The van der Waals surface area contributed by atoms with E-state index in [0.29, 0.717) is 22.1 Å². The number of hydrogen-bond acceptors (Lipinski definition) is 7. The summed E-state index contributed by atoms with van der Waals surface area (Å²) >= 11 is 5.67. The number of nitrogens with one attached hydrogen (secondary N) is 2. The zero-order valence-corrected chi connectivity index (χ0v) is 20.6. The van der Waals surface area contributed by atoms with E-state index in [9.17, 15) is 24.6 Å². The molecule has 2 unspecified atom stereocenters. The van der Waals surface area contributed by atoms with Gasteiger partial charge in [0.1, 0.15) is 0 Å². The van der Waals surface area contributed by atoms with Crippen molar-refractivity contribution in [1.29, 1.82) is 0 Å². The zero-order valence-electron chi connectivity index (χ0n) is 14.2. The molecule has 0 saturated carbocycles. The van der Waals surface area contributed by atoms with Crippen LogP contribution < -0.4 is 10.6 Å². The number of rotatable bonds is 7. The van der Waals surface area contributed by atoms with E-state index in [1.165, 1.54) is 13.8 Å². The molecule has 0 aliphatic rings. The minimum absolute atomic E-state index is 0.0432. The van der Waals surface area contributed by atoms with Crippen LogP contribution in [-0.4, -0.2) is 52.1 Å². The van der Waals surface area contributed by atoms with E-state index in [2.05, 4.69) is 10.6 Å². The Hall–Kier alpha value is -0.300. The predicted molar refractivity (Wildman–Crippen MR) is 122 cm³/mol. The normalized spacial score (nSPS) is 12.9. The Morgan fingerprint density at radius 3 is 1.78 bits per heavy atom. The molecule has 0 aliphatic heterocycles. The van der Waals surface area contributed by atoms with Gasteiger partial charge in [-0.05, 0) is 67.8 Å². The summed E-state index contributed by atoms with van der Waals surface area (Å²) in [5.41, 5.74) is 0.691. The SMILES string of the molecule is CC(=O)Nc1c(I)c(NC(C)=O)c(I)c(C(=O)OC(O)CC(O)CO)c1I. The summed E-state index contributed by atoms with van der Waals surface area (Å²) in [5, 5.41) is 33.2. The number of amides is 2. The number of carbonyl (C=O) groups is 3. The van der Waals surface area contributed by atoms with Gasteiger partial charge < -0.3 is 30.7 Å². The third-order valence-corrected chi connectivity index (χ3v) is 6.29. The van der Waals surface area contributed by atoms with Crippen LogP contribution in [0.5, 0.6) is 0 Å². The second kappa shape index (κ2) is 11.0. The molecule has 1 rings (SSSR count). The van der Waals surface area contributed by atoms with Crippen molar-refractivity contribution < 1.29 is 34.4 Å². The molecule has 2 amide bonds. The minimum atomic E-state index is -1.64. The maximum atomic E-state index is 12.6. The summed E-state index contributed by atoms with van der Waals surface area (Å²) in [4.78, 5) is 35.7. The Morgan fingerprint density at radius 2 is 1.41 bits per heavy atom. The van der Waals surface area contributed by atoms with E-state index in [1.54, 1.807) is 0 Å². The largest absolute Gasteiger partial charge is 0.432 e. The third-order valence-electron chi connectivity index (χ3n) is 3.05. The molecule has 0 heterocycles. The first-order valence-corrected chi connectivity index (χ1v) is 10.7. The van der Waals surface area contributed by atoms with E-state index in [-0.39, 0.29) is 23.8 Å². The molecule has 27 heavy (non-hydrogen) atoms. The smallest absolute Gasteiger partial charge is 0.342 e. The first kappa shape index (κ1) is 24.7. The summed E-state index contributed by atoms with van der Waals surface area (Å²) in [6, 6.07) is 0. The number of benzene rings is 1. The maximum Gasteiger partial charge on any atom is 0.342 e. The number of aliphatic hydroxyl groups excluding tert-OH is 3. The molecule has 0 saturated heterocycles. The lowest BCUT2D eigenvalue weighted by atomic mass is 10.1. The third kappa shape index (κ3) is 6.91. The topological polar surface area (TPSA) is 145 Å². The lowest BCUT2D eigenvalue weighted by Crippen LogP contribution is -2.27. The van der Waals surface area contributed by atoms with Crippen LogP contribution in [0.4, 0.5) is 11.4 Å². The Labute approximate surface area is 196 Å². The first-order valence-electron chi connectivity index (χ1n) is 7.43. The van der Waals surface area contributed by atoms with Gasteiger partial charge in [-0.25, -0.2) is 4.79 Å². The van der Waals surface area contributed by atoms with Crippen molar-refractivity contribution in [3.63, 3.8) is 0 Å². The molecule has 0 aliphatic carbocycles. The second-order valence-electron chi connectivity index (χ2n) is 5.36. The standard InChI is InChI=1S/C15H17I3N2O7/c1-5(22)19-13-10(16)9(11(17)14(12(13)18)20-6(2)23)15(26)27-8(25)3-7(24)4-21/h7-8,21,24-25H,3-4H2,1-2H3,(H,19,22)(H,20,23). The molecular weight excluding hydrogens is 701 g/mol. The highest BCUT2D eigenvalue weighted by Crippen LogP contribution is 2.39. The fraction of sp³-hybridized carbons (Fsp3) is 0.400. The van der Waals surface area contributed by atoms with Crippen molar-refractivity contribution in [2.45, 2.75) is 32.7 Å². The number of esters is 1. The number of carbonyl (C=O) groups excluding carboxylic acids is 3. The van der Waals surface area contributed by atoms with Crippen molar-refractivity contribution in [3.8, 4) is 0 Å². The lowest BCUT2D eigenvalue weighted by Gasteiger charge is -2.20. The molecule has 1 aromatic carbocycles. The van der Waals surface area contributed by atoms with Crippen LogP contribution in [0.15, 0.2) is 0 Å². The monoisotopic (exact) mass is 718 g/mol. The number of halogens is 3. The van der Waals surface area contributed by atoms with Gasteiger partial charge in [-0.15, -0.1) is 0 Å². The molecule has 5 N–H and O–H groups in total. The fourth-order valence-corrected chi connectivity index (χ4v) is 6.10. The van der Waals surface area contributed by atoms with Gasteiger partial charge in [0.05, 0.1) is 40.4 Å². The lowest BCUT2D eigenvalue weighted by molar-refractivity contribution is -0.115. The number of hydrogen-bond donors (Lipinski definition) is 5. The quantitative estimate of drug-likeness (QED) is 0.164. The highest BCUT2D eigenvalue weighted by molar-refractivity contribution is 14.1. The molecule has 0 spiro atoms. The molecule has 12 heteroatoms. The predicted octanol–water partition coefficient (Wildman–Crippen LogP) is 1.64. The van der Waals surface area contributed by atoms with Gasteiger partial charge in [0, 0.05) is 20.3 Å². The molecular formula is C15H17I3N2O7. The second-order valence-corrected chi connectivity index (χ2v) is 8.60. The Balaban J connectivity index is 3.41. The van der Waals surface area contributed by atoms with Gasteiger partial charge in [0.2, 0.25) is 18.1 Å². The van der Waals surface area contributed by atoms with Gasteiger partial charge in [0.15, 0.2) is 0 Å². The molecule has 0 aromatic heterocycles. The fourth-order valence-electron chi connectivity index (χ4n) is 1.95. The van der Waals surface area contributed by atoms with Crippen LogP contribution in [-0.2, 0) is 14.3 Å². The van der Waals surface area contributed by atoms with Crippen LogP contribution in [0.25, 0.3) is 0 Å². The van der Waals surface area contributed by atoms with Crippen molar-refractivity contribution in [2.75, 3.05) is 17.2 Å². The van der Waals surface area contributed by atoms with Crippen LogP contribution in [0.3, 0.4) is 0 Å². The van der Waals surface area contributed by atoms with Crippen LogP contribution >= 0.6 is 67.8 Å². The Morgan fingerprint density at radius 1 is 0.963 bits per heavy atom. The van der Waals surface area contributed by atoms with Crippen LogP contribution in [0.2, 0.25) is 0 Å². The maximum absolute atomic E-state index is 12.6. The molecule has 9 nitrogen and oxygen atoms in total. The summed E-state index contributed by atoms with van der Waals surface area (Å²) in [6.07, 6.45) is -3.25. The first-order chi connectivity index (χ1) is 12.5. The molecule has 2 atom stereocenters. The van der Waals surface area contributed by atoms with Crippen molar-refractivity contribution in [1.82, 2.24) is 0 Å². The van der Waals surface area contributed by atoms with Gasteiger partial charge in [-0.2, -0.15) is 0 Å². The van der Waals surface area contributed by atoms with Crippen LogP contribution in [0, 0.1) is 10.7 Å². The Kier molecular flexibility index (Phi) is 10.1. The van der Waals surface area contributed by atoms with E-state index in [1.807, 2.05) is 67.8 Å². The summed E-state index contributed by atoms with van der Waals surface area (Å²) < 4.78 is 6.20. The zero-order chi connectivity index (χ0) is 20.9. The summed E-state index contributed by atoms with van der Waals surface area (Å²) in [6.45, 7) is 2.02. The van der Waals surface area contributed by atoms with Gasteiger partial charge >= 0.3 is 5.97 Å². The van der Waals surface area contributed by atoms with Crippen molar-refractivity contribution in [3.05, 3.63) is 16.3 Å². The molecule has 0 radical (unpaired) electrons. The van der Waals surface area contributed by atoms with Crippen molar-refractivity contribution >= 4 is 96.9 Å². The molecule has 1 aromatic rings. The molecule has 0 bridgehead atoms. The molecule has 0 fully saturated rings. The average molecular weight is 718 g/mol. The number of aliphatic hydroxyl groups is 3. The van der Waals surface area contributed by atoms with Gasteiger partial charge in [0.25, 0.3) is 0 Å². The Bertz CT molecular complexity index is 714. The van der Waals surface area contributed by atoms with Gasteiger partial charge in [-0.3, -0.25) is 9.59 Å². The average Bonchev–Trinajstić information content (AvgIpc) is 2.54. The van der Waals surface area contributed by atoms with Crippen LogP contribution in [0.1, 0.15) is 30.6 Å². The number of anilines is 2. The summed E-state index contributed by atoms with van der Waals surface area (Å²) in [7, 11) is 0.